The zero-order valence-corrected chi connectivity index (χ0v) is 17.7. The minimum absolute atomic E-state index is 0.477. The fraction of sp³-hybridized carbons (Fsp3) is 0.208. The summed E-state index contributed by atoms with van der Waals surface area (Å²) in [4.78, 5) is 13.1. The first-order valence-electron chi connectivity index (χ1n) is 10.6. The number of nitrogens with zero attached hydrogens (tertiary/aromatic N) is 5. The van der Waals surface area contributed by atoms with Crippen molar-refractivity contribution in [2.75, 3.05) is 18.1 Å². The van der Waals surface area contributed by atoms with Crippen LogP contribution in [0.15, 0.2) is 54.9 Å². The van der Waals surface area contributed by atoms with Crippen molar-refractivity contribution in [2.45, 2.75) is 25.7 Å². The van der Waals surface area contributed by atoms with E-state index in [0.717, 1.165) is 53.8 Å². The molecule has 3 aromatic heterocycles. The van der Waals surface area contributed by atoms with Gasteiger partial charge in [-0.05, 0) is 73.7 Å². The van der Waals surface area contributed by atoms with Crippen LogP contribution in [0.5, 0.6) is 11.6 Å². The second kappa shape index (κ2) is 8.58. The number of aromatic nitrogens is 5. The number of benzene rings is 1. The third-order valence-electron chi connectivity index (χ3n) is 5.59. The molecule has 8 heteroatoms. The minimum atomic E-state index is 0.477. The van der Waals surface area contributed by atoms with Crippen LogP contribution in [0.3, 0.4) is 0 Å². The summed E-state index contributed by atoms with van der Waals surface area (Å²) < 4.78 is 6.11. The van der Waals surface area contributed by atoms with Crippen LogP contribution in [0, 0.1) is 0 Å². The average molecular weight is 425 g/mol. The number of nitrogens with two attached hydrogens (primary N) is 1. The van der Waals surface area contributed by atoms with Gasteiger partial charge in [-0.2, -0.15) is 0 Å². The van der Waals surface area contributed by atoms with E-state index in [1.165, 1.54) is 5.56 Å². The Kier molecular flexibility index (Phi) is 5.33. The zero-order chi connectivity index (χ0) is 21.9. The molecular formula is C24H23N7O. The van der Waals surface area contributed by atoms with E-state index in [-0.39, 0.29) is 0 Å². The van der Waals surface area contributed by atoms with Crippen LogP contribution in [-0.2, 0) is 12.8 Å². The van der Waals surface area contributed by atoms with Gasteiger partial charge in [0, 0.05) is 30.6 Å². The Bertz CT molecular complexity index is 1260. The lowest BCUT2D eigenvalue weighted by atomic mass is 9.89. The summed E-state index contributed by atoms with van der Waals surface area (Å²) in [6.45, 7) is 0. The third kappa shape index (κ3) is 3.82. The molecule has 5 rings (SSSR count). The molecule has 1 aliphatic carbocycles. The Morgan fingerprint density at radius 3 is 2.53 bits per heavy atom. The van der Waals surface area contributed by atoms with Gasteiger partial charge in [-0.3, -0.25) is 0 Å². The maximum atomic E-state index is 6.11. The first-order chi connectivity index (χ1) is 15.7. The number of pyridine rings is 1. The second-order valence-electron chi connectivity index (χ2n) is 7.60. The van der Waals surface area contributed by atoms with Crippen LogP contribution in [0.25, 0.3) is 22.5 Å². The normalized spacial score (nSPS) is 12.8. The smallest absolute Gasteiger partial charge is 0.228 e. The molecule has 0 amide bonds. The van der Waals surface area contributed by atoms with Gasteiger partial charge < -0.3 is 15.8 Å². The summed E-state index contributed by atoms with van der Waals surface area (Å²) in [6.07, 6.45) is 7.63. The number of ether oxygens (including phenoxy) is 1. The van der Waals surface area contributed by atoms with Crippen LogP contribution in [-0.4, -0.2) is 32.2 Å². The second-order valence-corrected chi connectivity index (χ2v) is 7.60. The van der Waals surface area contributed by atoms with E-state index in [9.17, 15) is 0 Å². The molecule has 0 radical (unpaired) electrons. The summed E-state index contributed by atoms with van der Waals surface area (Å²) in [5, 5.41) is 11.5. The van der Waals surface area contributed by atoms with E-state index in [4.69, 9.17) is 10.5 Å². The molecule has 8 nitrogen and oxygen atoms in total. The molecular weight excluding hydrogens is 402 g/mol. The van der Waals surface area contributed by atoms with Gasteiger partial charge in [0.25, 0.3) is 0 Å². The predicted molar refractivity (Wildman–Crippen MR) is 123 cm³/mol. The fourth-order valence-electron chi connectivity index (χ4n) is 3.99. The van der Waals surface area contributed by atoms with Crippen LogP contribution < -0.4 is 15.8 Å². The van der Waals surface area contributed by atoms with Crippen molar-refractivity contribution in [3.05, 3.63) is 66.0 Å². The van der Waals surface area contributed by atoms with E-state index < -0.39 is 0 Å². The molecule has 0 unspecified atom stereocenters. The molecule has 1 aliphatic rings. The number of anilines is 2. The Morgan fingerprint density at radius 2 is 1.72 bits per heavy atom. The van der Waals surface area contributed by atoms with Crippen LogP contribution in [0.2, 0.25) is 0 Å². The maximum absolute atomic E-state index is 6.11. The largest absolute Gasteiger partial charge is 0.438 e. The van der Waals surface area contributed by atoms with Crippen molar-refractivity contribution in [1.82, 2.24) is 25.1 Å². The lowest BCUT2D eigenvalue weighted by Gasteiger charge is -2.19. The van der Waals surface area contributed by atoms with Crippen LogP contribution in [0.1, 0.15) is 24.0 Å². The highest BCUT2D eigenvalue weighted by molar-refractivity contribution is 5.69. The van der Waals surface area contributed by atoms with Gasteiger partial charge in [0.05, 0.1) is 17.0 Å². The van der Waals surface area contributed by atoms with Gasteiger partial charge in [-0.25, -0.2) is 15.0 Å². The number of nitrogen functional groups attached to an aromatic ring is 1. The monoisotopic (exact) mass is 425 g/mol. The van der Waals surface area contributed by atoms with Gasteiger partial charge in [-0.1, -0.05) is 0 Å². The quantitative estimate of drug-likeness (QED) is 0.487. The Labute approximate surface area is 185 Å². The van der Waals surface area contributed by atoms with Crippen molar-refractivity contribution in [2.24, 2.45) is 0 Å². The zero-order valence-electron chi connectivity index (χ0n) is 17.7. The molecule has 4 aromatic rings. The topological polar surface area (TPSA) is 112 Å². The van der Waals surface area contributed by atoms with Crippen molar-refractivity contribution < 1.29 is 4.74 Å². The molecule has 0 saturated heterocycles. The van der Waals surface area contributed by atoms with E-state index in [1.807, 2.05) is 42.5 Å². The van der Waals surface area contributed by atoms with E-state index >= 15 is 0 Å². The van der Waals surface area contributed by atoms with Gasteiger partial charge in [-0.15, -0.1) is 10.2 Å². The molecule has 0 atom stereocenters. The molecule has 160 valence electrons. The molecule has 0 saturated carbocycles. The summed E-state index contributed by atoms with van der Waals surface area (Å²) in [7, 11) is 1.78. The molecule has 3 N–H and O–H groups in total. The predicted octanol–water partition coefficient (Wildman–Crippen LogP) is 4.29. The van der Waals surface area contributed by atoms with E-state index in [0.29, 0.717) is 23.4 Å². The molecule has 0 bridgehead atoms. The SMILES string of the molecule is CNc1nccc(-c2cccnc2Oc2ccc(-c3nnc(N)c4c3CCCC4)cc2)n1. The van der Waals surface area contributed by atoms with Gasteiger partial charge >= 0.3 is 0 Å². The van der Waals surface area contributed by atoms with Crippen LogP contribution >= 0.6 is 0 Å². The van der Waals surface area contributed by atoms with Gasteiger partial charge in [0.2, 0.25) is 11.8 Å². The summed E-state index contributed by atoms with van der Waals surface area (Å²) in [5.41, 5.74) is 11.8. The molecule has 0 fully saturated rings. The van der Waals surface area contributed by atoms with E-state index in [2.05, 4.69) is 30.5 Å². The summed E-state index contributed by atoms with van der Waals surface area (Å²) in [6, 6.07) is 13.4. The highest BCUT2D eigenvalue weighted by Gasteiger charge is 2.19. The Balaban J connectivity index is 1.44. The Morgan fingerprint density at radius 1 is 0.906 bits per heavy atom. The molecule has 0 aliphatic heterocycles. The van der Waals surface area contributed by atoms with Crippen LogP contribution in [0.4, 0.5) is 11.8 Å². The average Bonchev–Trinajstić information content (AvgIpc) is 2.85. The molecule has 3 heterocycles. The highest BCUT2D eigenvalue weighted by Crippen LogP contribution is 2.34. The fourth-order valence-corrected chi connectivity index (χ4v) is 3.99. The van der Waals surface area contributed by atoms with Crippen molar-refractivity contribution in [3.8, 4) is 34.1 Å². The summed E-state index contributed by atoms with van der Waals surface area (Å²) in [5.74, 6) is 2.24. The lowest BCUT2D eigenvalue weighted by molar-refractivity contribution is 0.465. The lowest BCUT2D eigenvalue weighted by Crippen LogP contribution is -2.11. The number of fused-ring (bicyclic) bond motifs is 1. The molecule has 32 heavy (non-hydrogen) atoms. The minimum Gasteiger partial charge on any atom is -0.438 e. The first kappa shape index (κ1) is 19.9. The number of hydrogen-bond donors (Lipinski definition) is 2. The van der Waals surface area contributed by atoms with Crippen molar-refractivity contribution >= 4 is 11.8 Å². The first-order valence-corrected chi connectivity index (χ1v) is 10.6. The van der Waals surface area contributed by atoms with Crippen molar-refractivity contribution in [1.29, 1.82) is 0 Å². The van der Waals surface area contributed by atoms with Crippen molar-refractivity contribution in [3.63, 3.8) is 0 Å². The molecule has 1 aromatic carbocycles. The molecule has 0 spiro atoms. The number of rotatable bonds is 5. The summed E-state index contributed by atoms with van der Waals surface area (Å²) >= 11 is 0. The van der Waals surface area contributed by atoms with Gasteiger partial charge in [0.1, 0.15) is 11.6 Å². The standard InChI is InChI=1S/C24H23N7O/c1-26-24-28-14-12-20(29-24)19-7-4-13-27-23(19)32-16-10-8-15(9-11-16)21-17-5-2-3-6-18(17)22(25)31-30-21/h4,7-14H,2-3,5-6H2,1H3,(H2,25,31)(H,26,28,29). The maximum Gasteiger partial charge on any atom is 0.228 e. The third-order valence-corrected chi connectivity index (χ3v) is 5.59. The highest BCUT2D eigenvalue weighted by atomic mass is 16.5. The number of nitrogens with one attached hydrogen (secondary N) is 1. The van der Waals surface area contributed by atoms with E-state index in [1.54, 1.807) is 19.4 Å². The van der Waals surface area contributed by atoms with Gasteiger partial charge in [0.15, 0.2) is 0 Å². The Hall–Kier alpha value is -4.07. The number of hydrogen-bond acceptors (Lipinski definition) is 8.